The molecular formula is C17H22N4O. The molecule has 1 aromatic heterocycles. The van der Waals surface area contributed by atoms with Crippen molar-refractivity contribution in [3.8, 4) is 0 Å². The van der Waals surface area contributed by atoms with Crippen molar-refractivity contribution in [3.63, 3.8) is 0 Å². The number of hydrogen-bond donors (Lipinski definition) is 1. The van der Waals surface area contributed by atoms with Crippen molar-refractivity contribution >= 4 is 28.3 Å². The first-order chi connectivity index (χ1) is 10.8. The Labute approximate surface area is 130 Å². The van der Waals surface area contributed by atoms with Crippen LogP contribution in [-0.2, 0) is 4.79 Å². The number of rotatable bonds is 4. The molecule has 1 aliphatic rings. The smallest absolute Gasteiger partial charge is 0.224 e. The second-order valence-electron chi connectivity index (χ2n) is 5.78. The Bertz CT molecular complexity index is 665. The van der Waals surface area contributed by atoms with Crippen LogP contribution in [0.15, 0.2) is 24.5 Å². The zero-order valence-electron chi connectivity index (χ0n) is 13.0. The van der Waals surface area contributed by atoms with Gasteiger partial charge in [-0.3, -0.25) is 4.79 Å². The molecule has 5 nitrogen and oxygen atoms in total. The molecule has 0 atom stereocenters. The van der Waals surface area contributed by atoms with E-state index < -0.39 is 0 Å². The van der Waals surface area contributed by atoms with Gasteiger partial charge in [-0.2, -0.15) is 0 Å². The molecule has 5 heteroatoms. The van der Waals surface area contributed by atoms with Gasteiger partial charge in [0.25, 0.3) is 0 Å². The summed E-state index contributed by atoms with van der Waals surface area (Å²) in [5.74, 6) is 1.04. The summed E-state index contributed by atoms with van der Waals surface area (Å²) < 4.78 is 0. The third-order valence-electron chi connectivity index (χ3n) is 4.03. The van der Waals surface area contributed by atoms with Gasteiger partial charge in [-0.05, 0) is 43.9 Å². The fourth-order valence-corrected chi connectivity index (χ4v) is 2.93. The minimum absolute atomic E-state index is 0.0539. The molecule has 1 saturated heterocycles. The first kappa shape index (κ1) is 14.8. The summed E-state index contributed by atoms with van der Waals surface area (Å²) >= 11 is 0. The van der Waals surface area contributed by atoms with Gasteiger partial charge in [0.05, 0.1) is 5.52 Å². The standard InChI is InChI=1S/C17H22N4O/c1-2-6-16(22)20-13-7-8-15-14(11-13)17(19-12-18-15)21-9-4-3-5-10-21/h7-8,11-12H,2-6,9-10H2,1H3,(H,20,22). The first-order valence-electron chi connectivity index (χ1n) is 8.07. The summed E-state index contributed by atoms with van der Waals surface area (Å²) in [5.41, 5.74) is 1.74. The molecule has 2 aromatic rings. The van der Waals surface area contributed by atoms with Crippen LogP contribution in [0.1, 0.15) is 39.0 Å². The molecule has 0 bridgehead atoms. The lowest BCUT2D eigenvalue weighted by molar-refractivity contribution is -0.116. The van der Waals surface area contributed by atoms with E-state index in [-0.39, 0.29) is 5.91 Å². The van der Waals surface area contributed by atoms with E-state index in [1.54, 1.807) is 6.33 Å². The Morgan fingerprint density at radius 1 is 1.23 bits per heavy atom. The number of hydrogen-bond acceptors (Lipinski definition) is 4. The quantitative estimate of drug-likeness (QED) is 0.940. The molecule has 116 valence electrons. The van der Waals surface area contributed by atoms with E-state index >= 15 is 0 Å². The number of amides is 1. The van der Waals surface area contributed by atoms with Crippen LogP contribution in [0.25, 0.3) is 10.9 Å². The average Bonchev–Trinajstić information content (AvgIpc) is 2.55. The monoisotopic (exact) mass is 298 g/mol. The fourth-order valence-electron chi connectivity index (χ4n) is 2.93. The first-order valence-corrected chi connectivity index (χ1v) is 8.07. The summed E-state index contributed by atoms with van der Waals surface area (Å²) in [4.78, 5) is 22.9. The number of piperidine rings is 1. The number of fused-ring (bicyclic) bond motifs is 1. The molecule has 0 radical (unpaired) electrons. The highest BCUT2D eigenvalue weighted by molar-refractivity contribution is 5.96. The van der Waals surface area contributed by atoms with Crippen LogP contribution in [0.4, 0.5) is 11.5 Å². The van der Waals surface area contributed by atoms with Crippen molar-refractivity contribution in [2.75, 3.05) is 23.3 Å². The number of carbonyl (C=O) groups is 1. The maximum absolute atomic E-state index is 11.8. The Morgan fingerprint density at radius 3 is 2.82 bits per heavy atom. The molecule has 3 rings (SSSR count). The fraction of sp³-hybridized carbons (Fsp3) is 0.471. The molecule has 0 saturated carbocycles. The maximum atomic E-state index is 11.8. The van der Waals surface area contributed by atoms with Gasteiger partial charge in [0.15, 0.2) is 0 Å². The Morgan fingerprint density at radius 2 is 2.05 bits per heavy atom. The van der Waals surface area contributed by atoms with Crippen LogP contribution in [-0.4, -0.2) is 29.0 Å². The average molecular weight is 298 g/mol. The lowest BCUT2D eigenvalue weighted by atomic mass is 10.1. The van der Waals surface area contributed by atoms with E-state index in [2.05, 4.69) is 20.2 Å². The SMILES string of the molecule is CCCC(=O)Nc1ccc2ncnc(N3CCCCC3)c2c1. The van der Waals surface area contributed by atoms with Gasteiger partial charge in [-0.15, -0.1) is 0 Å². The molecule has 1 amide bonds. The molecule has 22 heavy (non-hydrogen) atoms. The summed E-state index contributed by atoms with van der Waals surface area (Å²) in [6, 6.07) is 5.85. The van der Waals surface area contributed by atoms with E-state index in [9.17, 15) is 4.79 Å². The summed E-state index contributed by atoms with van der Waals surface area (Å²) in [7, 11) is 0. The van der Waals surface area contributed by atoms with E-state index in [4.69, 9.17) is 0 Å². The predicted octanol–water partition coefficient (Wildman–Crippen LogP) is 3.36. The minimum atomic E-state index is 0.0539. The maximum Gasteiger partial charge on any atom is 0.224 e. The Hall–Kier alpha value is -2.17. The van der Waals surface area contributed by atoms with Gasteiger partial charge in [0, 0.05) is 30.6 Å². The van der Waals surface area contributed by atoms with Crippen LogP contribution in [0.3, 0.4) is 0 Å². The van der Waals surface area contributed by atoms with Crippen molar-refractivity contribution in [2.45, 2.75) is 39.0 Å². The van der Waals surface area contributed by atoms with Gasteiger partial charge in [0.1, 0.15) is 12.1 Å². The molecule has 0 spiro atoms. The van der Waals surface area contributed by atoms with E-state index in [1.807, 2.05) is 25.1 Å². The van der Waals surface area contributed by atoms with Crippen LogP contribution in [0.2, 0.25) is 0 Å². The molecule has 0 unspecified atom stereocenters. The van der Waals surface area contributed by atoms with Crippen LogP contribution in [0.5, 0.6) is 0 Å². The van der Waals surface area contributed by atoms with Gasteiger partial charge in [-0.1, -0.05) is 6.92 Å². The van der Waals surface area contributed by atoms with E-state index in [0.29, 0.717) is 6.42 Å². The number of anilines is 2. The van der Waals surface area contributed by atoms with Gasteiger partial charge in [-0.25, -0.2) is 9.97 Å². The second kappa shape index (κ2) is 6.73. The lowest BCUT2D eigenvalue weighted by Gasteiger charge is -2.28. The normalized spacial score (nSPS) is 15.0. The van der Waals surface area contributed by atoms with E-state index in [0.717, 1.165) is 41.9 Å². The Balaban J connectivity index is 1.93. The minimum Gasteiger partial charge on any atom is -0.356 e. The highest BCUT2D eigenvalue weighted by Crippen LogP contribution is 2.27. The number of nitrogens with one attached hydrogen (secondary N) is 1. The van der Waals surface area contributed by atoms with Crippen LogP contribution in [0, 0.1) is 0 Å². The van der Waals surface area contributed by atoms with Crippen molar-refractivity contribution in [1.29, 1.82) is 0 Å². The highest BCUT2D eigenvalue weighted by atomic mass is 16.1. The van der Waals surface area contributed by atoms with Crippen LogP contribution < -0.4 is 10.2 Å². The number of benzene rings is 1. The van der Waals surface area contributed by atoms with Crippen molar-refractivity contribution < 1.29 is 4.79 Å². The number of carbonyl (C=O) groups excluding carboxylic acids is 1. The van der Waals surface area contributed by atoms with Crippen molar-refractivity contribution in [3.05, 3.63) is 24.5 Å². The van der Waals surface area contributed by atoms with Crippen molar-refractivity contribution in [1.82, 2.24) is 9.97 Å². The Kier molecular flexibility index (Phi) is 4.51. The highest BCUT2D eigenvalue weighted by Gasteiger charge is 2.15. The van der Waals surface area contributed by atoms with Gasteiger partial charge in [0.2, 0.25) is 5.91 Å². The van der Waals surface area contributed by atoms with E-state index in [1.165, 1.54) is 19.3 Å². The van der Waals surface area contributed by atoms with Gasteiger partial charge >= 0.3 is 0 Å². The topological polar surface area (TPSA) is 58.1 Å². The number of nitrogens with zero attached hydrogens (tertiary/aromatic N) is 3. The molecule has 2 heterocycles. The summed E-state index contributed by atoms with van der Waals surface area (Å²) in [6.07, 6.45) is 6.72. The largest absolute Gasteiger partial charge is 0.356 e. The molecular weight excluding hydrogens is 276 g/mol. The van der Waals surface area contributed by atoms with Gasteiger partial charge < -0.3 is 10.2 Å². The number of aromatic nitrogens is 2. The zero-order valence-corrected chi connectivity index (χ0v) is 13.0. The third-order valence-corrected chi connectivity index (χ3v) is 4.03. The zero-order chi connectivity index (χ0) is 15.4. The lowest BCUT2D eigenvalue weighted by Crippen LogP contribution is -2.30. The molecule has 1 aromatic carbocycles. The molecule has 0 aliphatic carbocycles. The molecule has 1 fully saturated rings. The third kappa shape index (κ3) is 3.18. The second-order valence-corrected chi connectivity index (χ2v) is 5.78. The summed E-state index contributed by atoms with van der Waals surface area (Å²) in [5, 5.41) is 3.96. The summed E-state index contributed by atoms with van der Waals surface area (Å²) in [6.45, 7) is 4.08. The molecule has 1 N–H and O–H groups in total. The van der Waals surface area contributed by atoms with Crippen molar-refractivity contribution in [2.24, 2.45) is 0 Å². The predicted molar refractivity (Wildman–Crippen MR) is 89.1 cm³/mol. The molecule has 1 aliphatic heterocycles. The van der Waals surface area contributed by atoms with Crippen LogP contribution >= 0.6 is 0 Å².